The Labute approximate surface area is 118 Å². The highest BCUT2D eigenvalue weighted by atomic mass is 16.3. The van der Waals surface area contributed by atoms with E-state index in [1.165, 1.54) is 5.56 Å². The fourth-order valence-corrected chi connectivity index (χ4v) is 2.58. The molecule has 3 heteroatoms. The van der Waals surface area contributed by atoms with Crippen LogP contribution in [-0.4, -0.2) is 17.1 Å². The van der Waals surface area contributed by atoms with Crippen molar-refractivity contribution >= 4 is 10.9 Å². The number of nitrogens with one attached hydrogen (secondary N) is 2. The van der Waals surface area contributed by atoms with Gasteiger partial charge in [-0.3, -0.25) is 0 Å². The Morgan fingerprint density at radius 1 is 1.15 bits per heavy atom. The van der Waals surface area contributed by atoms with E-state index in [1.54, 1.807) is 0 Å². The molecule has 20 heavy (non-hydrogen) atoms. The summed E-state index contributed by atoms with van der Waals surface area (Å²) >= 11 is 0. The smallest absolute Gasteiger partial charge is 0.106 e. The van der Waals surface area contributed by atoms with Crippen molar-refractivity contribution < 1.29 is 5.11 Å². The van der Waals surface area contributed by atoms with Crippen molar-refractivity contribution in [1.82, 2.24) is 10.3 Å². The zero-order valence-corrected chi connectivity index (χ0v) is 11.4. The highest BCUT2D eigenvalue weighted by molar-refractivity contribution is 5.83. The lowest BCUT2D eigenvalue weighted by Gasteiger charge is -2.12. The minimum atomic E-state index is -0.608. The van der Waals surface area contributed by atoms with Crippen LogP contribution in [0.3, 0.4) is 0 Å². The van der Waals surface area contributed by atoms with Gasteiger partial charge in [0.2, 0.25) is 0 Å². The molecule has 0 aliphatic rings. The summed E-state index contributed by atoms with van der Waals surface area (Å²) in [7, 11) is 1.92. The SMILES string of the molecule is CNCc1cccc(C(O)c2c[nH]c3ccccc23)c1. The number of aliphatic hydroxyl groups is 1. The van der Waals surface area contributed by atoms with Crippen molar-refractivity contribution in [2.75, 3.05) is 7.05 Å². The first-order valence-corrected chi connectivity index (χ1v) is 6.77. The maximum atomic E-state index is 10.6. The van der Waals surface area contributed by atoms with Crippen LogP contribution in [0.2, 0.25) is 0 Å². The van der Waals surface area contributed by atoms with E-state index in [2.05, 4.69) is 16.4 Å². The van der Waals surface area contributed by atoms with E-state index in [4.69, 9.17) is 0 Å². The Kier molecular flexibility index (Phi) is 3.54. The first-order chi connectivity index (χ1) is 9.79. The number of fused-ring (bicyclic) bond motifs is 1. The number of para-hydroxylation sites is 1. The van der Waals surface area contributed by atoms with Gasteiger partial charge in [-0.1, -0.05) is 42.5 Å². The second-order valence-electron chi connectivity index (χ2n) is 4.97. The molecular formula is C17H18N2O. The van der Waals surface area contributed by atoms with Gasteiger partial charge in [0.1, 0.15) is 6.10 Å². The number of aromatic amines is 1. The van der Waals surface area contributed by atoms with Crippen LogP contribution in [0.5, 0.6) is 0 Å². The maximum absolute atomic E-state index is 10.6. The topological polar surface area (TPSA) is 48.0 Å². The Morgan fingerprint density at radius 2 is 2.00 bits per heavy atom. The summed E-state index contributed by atoms with van der Waals surface area (Å²) in [6, 6.07) is 16.1. The van der Waals surface area contributed by atoms with Gasteiger partial charge in [-0.25, -0.2) is 0 Å². The van der Waals surface area contributed by atoms with Gasteiger partial charge in [0.05, 0.1) is 0 Å². The van der Waals surface area contributed by atoms with Gasteiger partial charge in [0.25, 0.3) is 0 Å². The van der Waals surface area contributed by atoms with Crippen molar-refractivity contribution in [3.05, 3.63) is 71.4 Å². The van der Waals surface area contributed by atoms with Gasteiger partial charge in [-0.05, 0) is 24.2 Å². The molecule has 1 heterocycles. The molecule has 102 valence electrons. The number of rotatable bonds is 4. The molecule has 0 spiro atoms. The lowest BCUT2D eigenvalue weighted by molar-refractivity contribution is 0.222. The third kappa shape index (κ3) is 2.33. The molecule has 3 aromatic rings. The van der Waals surface area contributed by atoms with E-state index in [0.29, 0.717) is 0 Å². The van der Waals surface area contributed by atoms with E-state index in [9.17, 15) is 5.11 Å². The average Bonchev–Trinajstić information content (AvgIpc) is 2.91. The number of aromatic nitrogens is 1. The Hall–Kier alpha value is -2.10. The molecule has 1 aromatic heterocycles. The molecule has 0 bridgehead atoms. The van der Waals surface area contributed by atoms with E-state index in [0.717, 1.165) is 28.6 Å². The van der Waals surface area contributed by atoms with Gasteiger partial charge in [0, 0.05) is 29.2 Å². The van der Waals surface area contributed by atoms with E-state index in [1.807, 2.05) is 55.7 Å². The van der Waals surface area contributed by atoms with Crippen LogP contribution in [0.4, 0.5) is 0 Å². The largest absolute Gasteiger partial charge is 0.384 e. The summed E-state index contributed by atoms with van der Waals surface area (Å²) in [5.74, 6) is 0. The molecule has 0 aliphatic carbocycles. The van der Waals surface area contributed by atoms with Crippen molar-refractivity contribution in [2.45, 2.75) is 12.6 Å². The highest BCUT2D eigenvalue weighted by Crippen LogP contribution is 2.29. The molecule has 0 fully saturated rings. The zero-order chi connectivity index (χ0) is 13.9. The summed E-state index contributed by atoms with van der Waals surface area (Å²) in [5, 5.41) is 14.8. The van der Waals surface area contributed by atoms with Gasteiger partial charge >= 0.3 is 0 Å². The van der Waals surface area contributed by atoms with Crippen molar-refractivity contribution in [3.8, 4) is 0 Å². The predicted molar refractivity (Wildman–Crippen MR) is 81.6 cm³/mol. The molecule has 0 amide bonds. The van der Waals surface area contributed by atoms with Gasteiger partial charge in [-0.2, -0.15) is 0 Å². The van der Waals surface area contributed by atoms with Crippen LogP contribution >= 0.6 is 0 Å². The van der Waals surface area contributed by atoms with Crippen molar-refractivity contribution in [3.63, 3.8) is 0 Å². The predicted octanol–water partition coefficient (Wildman–Crippen LogP) is 2.97. The molecule has 1 atom stereocenters. The first-order valence-electron chi connectivity index (χ1n) is 6.77. The van der Waals surface area contributed by atoms with E-state index < -0.39 is 6.10 Å². The van der Waals surface area contributed by atoms with Crippen LogP contribution in [-0.2, 0) is 6.54 Å². The molecule has 3 N–H and O–H groups in total. The standard InChI is InChI=1S/C17H18N2O/c1-18-10-12-5-4-6-13(9-12)17(20)15-11-19-16-8-3-2-7-14(15)16/h2-9,11,17-20H,10H2,1H3. The lowest BCUT2D eigenvalue weighted by Crippen LogP contribution is -2.06. The fraction of sp³-hybridized carbons (Fsp3) is 0.176. The lowest BCUT2D eigenvalue weighted by atomic mass is 9.99. The first kappa shape index (κ1) is 12.9. The summed E-state index contributed by atoms with van der Waals surface area (Å²) in [5.41, 5.74) is 4.06. The van der Waals surface area contributed by atoms with Crippen LogP contribution in [0.1, 0.15) is 22.8 Å². The van der Waals surface area contributed by atoms with Gasteiger partial charge in [-0.15, -0.1) is 0 Å². The molecule has 3 rings (SSSR count). The monoisotopic (exact) mass is 266 g/mol. The minimum absolute atomic E-state index is 0.608. The van der Waals surface area contributed by atoms with Gasteiger partial charge < -0.3 is 15.4 Å². The fourth-order valence-electron chi connectivity index (χ4n) is 2.58. The van der Waals surface area contributed by atoms with Crippen LogP contribution < -0.4 is 5.32 Å². The molecule has 0 aliphatic heterocycles. The summed E-state index contributed by atoms with van der Waals surface area (Å²) in [6.07, 6.45) is 1.28. The third-order valence-electron chi connectivity index (χ3n) is 3.56. The minimum Gasteiger partial charge on any atom is -0.384 e. The second-order valence-corrected chi connectivity index (χ2v) is 4.97. The number of hydrogen-bond donors (Lipinski definition) is 3. The molecule has 2 aromatic carbocycles. The van der Waals surface area contributed by atoms with Crippen LogP contribution in [0, 0.1) is 0 Å². The van der Waals surface area contributed by atoms with E-state index >= 15 is 0 Å². The zero-order valence-electron chi connectivity index (χ0n) is 11.4. The average molecular weight is 266 g/mol. The number of benzene rings is 2. The number of hydrogen-bond acceptors (Lipinski definition) is 2. The van der Waals surface area contributed by atoms with Gasteiger partial charge in [0.15, 0.2) is 0 Å². The maximum Gasteiger partial charge on any atom is 0.106 e. The molecular weight excluding hydrogens is 248 g/mol. The second kappa shape index (κ2) is 5.49. The normalized spacial score (nSPS) is 12.7. The third-order valence-corrected chi connectivity index (χ3v) is 3.56. The summed E-state index contributed by atoms with van der Waals surface area (Å²) < 4.78 is 0. The molecule has 0 saturated carbocycles. The Morgan fingerprint density at radius 3 is 2.85 bits per heavy atom. The molecule has 1 unspecified atom stereocenters. The highest BCUT2D eigenvalue weighted by Gasteiger charge is 2.15. The molecule has 0 radical (unpaired) electrons. The number of aliphatic hydroxyl groups excluding tert-OH is 1. The Bertz CT molecular complexity index is 718. The summed E-state index contributed by atoms with van der Waals surface area (Å²) in [6.45, 7) is 0.800. The van der Waals surface area contributed by atoms with Crippen LogP contribution in [0.15, 0.2) is 54.7 Å². The van der Waals surface area contributed by atoms with E-state index in [-0.39, 0.29) is 0 Å². The quantitative estimate of drug-likeness (QED) is 0.680. The summed E-state index contributed by atoms with van der Waals surface area (Å²) in [4.78, 5) is 3.21. The van der Waals surface area contributed by atoms with Crippen LogP contribution in [0.25, 0.3) is 10.9 Å². The molecule has 3 nitrogen and oxygen atoms in total. The molecule has 0 saturated heterocycles. The van der Waals surface area contributed by atoms with Crippen molar-refractivity contribution in [2.24, 2.45) is 0 Å². The Balaban J connectivity index is 1.99. The van der Waals surface area contributed by atoms with Crippen molar-refractivity contribution in [1.29, 1.82) is 0 Å². The number of H-pyrrole nitrogens is 1.